The lowest BCUT2D eigenvalue weighted by molar-refractivity contribution is 0.488. The van der Waals surface area contributed by atoms with Crippen LogP contribution in [0.3, 0.4) is 0 Å². The Labute approximate surface area is 180 Å². The predicted molar refractivity (Wildman–Crippen MR) is 127 cm³/mol. The Morgan fingerprint density at radius 1 is 0.800 bits per heavy atom. The lowest BCUT2D eigenvalue weighted by atomic mass is 10.2. The van der Waals surface area contributed by atoms with Gasteiger partial charge in [0.2, 0.25) is 15.9 Å². The maximum atomic E-state index is 5.32. The molecule has 30 heavy (non-hydrogen) atoms. The molecule has 2 unspecified atom stereocenters. The smallest absolute Gasteiger partial charge is 0.246 e. The van der Waals surface area contributed by atoms with Crippen molar-refractivity contribution in [2.75, 3.05) is 42.3 Å². The topological polar surface area (TPSA) is 53.3 Å². The molecule has 2 aliphatic rings. The van der Waals surface area contributed by atoms with Crippen LogP contribution in [0.15, 0.2) is 75.6 Å². The molecule has 2 aromatic carbocycles. The molecule has 0 saturated heterocycles. The van der Waals surface area contributed by atoms with Gasteiger partial charge in [0.25, 0.3) is 0 Å². The molecule has 0 spiro atoms. The molecule has 0 saturated carbocycles. The first kappa shape index (κ1) is 21.0. The van der Waals surface area contributed by atoms with Gasteiger partial charge in [0.1, 0.15) is 0 Å². The van der Waals surface area contributed by atoms with Crippen molar-refractivity contribution in [3.63, 3.8) is 0 Å². The van der Waals surface area contributed by atoms with Crippen LogP contribution in [0.4, 0.5) is 0 Å². The molecule has 2 heterocycles. The highest BCUT2D eigenvalue weighted by molar-refractivity contribution is 7.72. The molecule has 2 aromatic rings. The number of hydrogen-bond donors (Lipinski definition) is 0. The van der Waals surface area contributed by atoms with Crippen LogP contribution >= 0.6 is 15.9 Å². The Kier molecular flexibility index (Phi) is 5.69. The maximum absolute atomic E-state index is 5.32. The van der Waals surface area contributed by atoms with Crippen LogP contribution in [-0.2, 0) is 0 Å². The van der Waals surface area contributed by atoms with Crippen LogP contribution in [0.25, 0.3) is 0 Å². The molecule has 0 fully saturated rings. The van der Waals surface area contributed by atoms with Crippen molar-refractivity contribution in [1.82, 2.24) is 23.3 Å². The number of amidine groups is 2. The third kappa shape index (κ3) is 3.34. The van der Waals surface area contributed by atoms with Gasteiger partial charge < -0.3 is 0 Å². The summed E-state index contributed by atoms with van der Waals surface area (Å²) in [5.41, 5.74) is 2.10. The van der Waals surface area contributed by atoms with Gasteiger partial charge in [-0.05, 0) is 28.2 Å². The van der Waals surface area contributed by atoms with E-state index in [1.165, 1.54) is 0 Å². The molecular formula is C20H28N8P2. The lowest BCUT2D eigenvalue weighted by Gasteiger charge is -2.44. The first-order valence-corrected chi connectivity index (χ1v) is 12.5. The standard InChI is InChI=1S/C20H28N8P2/c1-24(2)29-26(5)22-20(18-15-11-8-12-16-18)28(29)30(25(3)4)23-19(21-27(30)6)17-13-9-7-10-14-17/h7-16H,1-6H3. The molecule has 8 nitrogen and oxygen atoms in total. The highest BCUT2D eigenvalue weighted by Gasteiger charge is 2.50. The summed E-state index contributed by atoms with van der Waals surface area (Å²) in [6.45, 7) is 0. The molecule has 0 bridgehead atoms. The zero-order valence-corrected chi connectivity index (χ0v) is 20.0. The van der Waals surface area contributed by atoms with E-state index in [0.717, 1.165) is 22.8 Å². The van der Waals surface area contributed by atoms with Gasteiger partial charge in [0.05, 0.1) is 0 Å². The van der Waals surface area contributed by atoms with Crippen molar-refractivity contribution < 1.29 is 0 Å². The number of nitrogens with zero attached hydrogens (tertiary/aromatic N) is 8. The van der Waals surface area contributed by atoms with Crippen LogP contribution in [0.5, 0.6) is 0 Å². The van der Waals surface area contributed by atoms with Crippen LogP contribution in [-0.4, -0.2) is 77.3 Å². The van der Waals surface area contributed by atoms with E-state index in [0.29, 0.717) is 0 Å². The summed E-state index contributed by atoms with van der Waals surface area (Å²) in [5, 5.41) is 9.87. The van der Waals surface area contributed by atoms with E-state index in [9.17, 15) is 0 Å². The molecule has 0 aromatic heterocycles. The number of hydrogen-bond acceptors (Lipinski definition) is 8. The summed E-state index contributed by atoms with van der Waals surface area (Å²) in [7, 11) is 9.11. The average Bonchev–Trinajstić information content (AvgIpc) is 3.27. The second kappa shape index (κ2) is 8.12. The lowest BCUT2D eigenvalue weighted by Crippen LogP contribution is -2.35. The fraction of sp³-hybridized carbons (Fsp3) is 0.300. The van der Waals surface area contributed by atoms with Gasteiger partial charge in [-0.2, -0.15) is 9.85 Å². The Hall–Kier alpha value is -2.24. The highest BCUT2D eigenvalue weighted by Crippen LogP contribution is 2.72. The van der Waals surface area contributed by atoms with E-state index in [4.69, 9.17) is 14.9 Å². The minimum absolute atomic E-state index is 0.760. The Balaban J connectivity index is 1.91. The van der Waals surface area contributed by atoms with Crippen molar-refractivity contribution in [3.8, 4) is 0 Å². The third-order valence-corrected chi connectivity index (χ3v) is 11.1. The second-order valence-corrected chi connectivity index (χ2v) is 13.1. The summed E-state index contributed by atoms with van der Waals surface area (Å²) in [4.78, 5) is 0. The molecule has 158 valence electrons. The number of rotatable bonds is 5. The number of hydrazone groups is 2. The molecule has 2 atom stereocenters. The number of benzene rings is 2. The van der Waals surface area contributed by atoms with E-state index in [2.05, 4.69) is 83.2 Å². The molecular weight excluding hydrogens is 414 g/mol. The molecule has 2 aliphatic heterocycles. The van der Waals surface area contributed by atoms with Crippen molar-refractivity contribution in [2.24, 2.45) is 14.9 Å². The Bertz CT molecular complexity index is 1020. The van der Waals surface area contributed by atoms with Crippen LogP contribution in [0.1, 0.15) is 11.1 Å². The minimum Gasteiger partial charge on any atom is -0.253 e. The quantitative estimate of drug-likeness (QED) is 0.650. The zero-order chi connectivity index (χ0) is 21.5. The monoisotopic (exact) mass is 442 g/mol. The predicted octanol–water partition coefficient (Wildman–Crippen LogP) is 4.20. The van der Waals surface area contributed by atoms with E-state index < -0.39 is 15.9 Å². The van der Waals surface area contributed by atoms with Gasteiger partial charge in [-0.3, -0.25) is 4.67 Å². The SMILES string of the molecule is CN(C)P1N(C)N=C(c2ccccc2)N1P1(N(C)C)=NC(c2ccccc2)=NN1C. The largest absolute Gasteiger partial charge is 0.253 e. The van der Waals surface area contributed by atoms with Crippen LogP contribution in [0, 0.1) is 0 Å². The maximum Gasteiger partial charge on any atom is 0.246 e. The molecule has 4 rings (SSSR count). The van der Waals surface area contributed by atoms with Gasteiger partial charge in [-0.15, -0.1) is 5.10 Å². The van der Waals surface area contributed by atoms with Gasteiger partial charge in [-0.1, -0.05) is 60.7 Å². The van der Waals surface area contributed by atoms with Gasteiger partial charge in [0, 0.05) is 25.2 Å². The summed E-state index contributed by atoms with van der Waals surface area (Å²) >= 11 is 0. The minimum atomic E-state index is -2.41. The van der Waals surface area contributed by atoms with E-state index in [1.54, 1.807) is 0 Å². The van der Waals surface area contributed by atoms with Crippen molar-refractivity contribution in [1.29, 1.82) is 0 Å². The third-order valence-electron chi connectivity index (χ3n) is 4.93. The second-order valence-electron chi connectivity index (χ2n) is 7.45. The zero-order valence-electron chi connectivity index (χ0n) is 18.2. The molecule has 0 amide bonds. The summed E-state index contributed by atoms with van der Waals surface area (Å²) in [6, 6.07) is 20.5. The van der Waals surface area contributed by atoms with E-state index in [-0.39, 0.29) is 0 Å². The molecule has 0 radical (unpaired) electrons. The highest BCUT2D eigenvalue weighted by atomic mass is 31.2. The van der Waals surface area contributed by atoms with E-state index >= 15 is 0 Å². The molecule has 0 aliphatic carbocycles. The summed E-state index contributed by atoms with van der Waals surface area (Å²) < 4.78 is 16.3. The van der Waals surface area contributed by atoms with Crippen molar-refractivity contribution in [3.05, 3.63) is 71.8 Å². The average molecular weight is 442 g/mol. The van der Waals surface area contributed by atoms with Gasteiger partial charge in [-0.25, -0.2) is 18.7 Å². The fourth-order valence-corrected chi connectivity index (χ4v) is 10.4. The van der Waals surface area contributed by atoms with Crippen LogP contribution < -0.4 is 0 Å². The van der Waals surface area contributed by atoms with Crippen LogP contribution in [0.2, 0.25) is 0 Å². The fourth-order valence-electron chi connectivity index (χ4n) is 3.64. The van der Waals surface area contributed by atoms with E-state index in [1.807, 2.05) is 43.1 Å². The van der Waals surface area contributed by atoms with Crippen molar-refractivity contribution >= 4 is 27.6 Å². The summed E-state index contributed by atoms with van der Waals surface area (Å²) in [6.07, 6.45) is 0. The van der Waals surface area contributed by atoms with Gasteiger partial charge >= 0.3 is 0 Å². The van der Waals surface area contributed by atoms with Crippen molar-refractivity contribution in [2.45, 2.75) is 0 Å². The molecule has 0 N–H and O–H groups in total. The Morgan fingerprint density at radius 2 is 1.37 bits per heavy atom. The summed E-state index contributed by atoms with van der Waals surface area (Å²) in [5.74, 6) is 1.69. The normalized spacial score (nSPS) is 23.9. The first-order chi connectivity index (χ1) is 14.4. The molecule has 10 heteroatoms. The Morgan fingerprint density at radius 3 is 1.90 bits per heavy atom. The van der Waals surface area contributed by atoms with Gasteiger partial charge in [0.15, 0.2) is 11.7 Å². The first-order valence-electron chi connectivity index (χ1n) is 9.70.